The average Bonchev–Trinajstić information content (AvgIpc) is 2.81. The number of rotatable bonds is 3. The Morgan fingerprint density at radius 3 is 2.85 bits per heavy atom. The number of methoxy groups -OCH3 is 1. The summed E-state index contributed by atoms with van der Waals surface area (Å²) in [6, 6.07) is 2.10. The minimum atomic E-state index is 0.484. The lowest BCUT2D eigenvalue weighted by molar-refractivity contribution is 0.177. The number of ether oxygens (including phenoxy) is 1. The van der Waals surface area contributed by atoms with E-state index in [9.17, 15) is 0 Å². The molecule has 5 nitrogen and oxygen atoms in total. The van der Waals surface area contributed by atoms with Crippen LogP contribution in [-0.2, 0) is 11.3 Å². The number of anilines is 1. The van der Waals surface area contributed by atoms with Crippen molar-refractivity contribution in [3.8, 4) is 0 Å². The van der Waals surface area contributed by atoms with Gasteiger partial charge in [0.2, 0.25) is 0 Å². The molecule has 5 heteroatoms. The Morgan fingerprint density at radius 1 is 1.25 bits per heavy atom. The molecule has 0 N–H and O–H groups in total. The summed E-state index contributed by atoms with van der Waals surface area (Å²) in [4.78, 5) is 14.0. The largest absolute Gasteiger partial charge is 0.377 e. The van der Waals surface area contributed by atoms with E-state index in [1.54, 1.807) is 7.11 Å². The minimum absolute atomic E-state index is 0.484. The Kier molecular flexibility index (Phi) is 3.89. The monoisotopic (exact) mass is 276 g/mol. The molecular weight excluding hydrogens is 252 g/mol. The van der Waals surface area contributed by atoms with Crippen LogP contribution in [0.4, 0.5) is 5.82 Å². The first kappa shape index (κ1) is 13.8. The number of likely N-dealkylation sites (tertiary alicyclic amines) is 1. The fraction of sp³-hybridized carbons (Fsp3) is 0.733. The lowest BCUT2D eigenvalue weighted by Gasteiger charge is -2.31. The summed E-state index contributed by atoms with van der Waals surface area (Å²) in [7, 11) is 3.91. The third-order valence-electron chi connectivity index (χ3n) is 4.49. The van der Waals surface area contributed by atoms with Crippen LogP contribution in [0, 0.1) is 18.8 Å². The summed E-state index contributed by atoms with van der Waals surface area (Å²) in [5.41, 5.74) is 1.02. The van der Waals surface area contributed by atoms with Crippen molar-refractivity contribution in [3.05, 3.63) is 17.6 Å². The number of aromatic nitrogens is 2. The van der Waals surface area contributed by atoms with Gasteiger partial charge in [-0.1, -0.05) is 0 Å². The van der Waals surface area contributed by atoms with Gasteiger partial charge in [-0.2, -0.15) is 0 Å². The summed E-state index contributed by atoms with van der Waals surface area (Å²) in [5, 5.41) is 0. The number of aryl methyl sites for hydroxylation is 1. The van der Waals surface area contributed by atoms with Gasteiger partial charge in [-0.15, -0.1) is 0 Å². The molecular formula is C15H24N4O. The maximum Gasteiger partial charge on any atom is 0.156 e. The molecule has 0 bridgehead atoms. The molecule has 2 aliphatic rings. The molecule has 3 rings (SSSR count). The zero-order valence-corrected chi connectivity index (χ0v) is 12.7. The van der Waals surface area contributed by atoms with Gasteiger partial charge in [0.1, 0.15) is 12.4 Å². The zero-order chi connectivity index (χ0) is 14.1. The lowest BCUT2D eigenvalue weighted by Crippen LogP contribution is -2.37. The number of fused-ring (bicyclic) bond motifs is 1. The van der Waals surface area contributed by atoms with Crippen molar-refractivity contribution < 1.29 is 4.74 Å². The number of nitrogens with zero attached hydrogens (tertiary/aromatic N) is 4. The zero-order valence-electron chi connectivity index (χ0n) is 12.7. The molecule has 2 saturated heterocycles. The molecule has 0 aromatic carbocycles. The maximum absolute atomic E-state index is 5.16. The number of piperidine rings is 1. The van der Waals surface area contributed by atoms with Gasteiger partial charge >= 0.3 is 0 Å². The van der Waals surface area contributed by atoms with E-state index in [1.807, 2.05) is 6.92 Å². The lowest BCUT2D eigenvalue weighted by atomic mass is 9.89. The highest BCUT2D eigenvalue weighted by molar-refractivity contribution is 5.41. The second kappa shape index (κ2) is 5.66. The maximum atomic E-state index is 5.16. The predicted octanol–water partition coefficient (Wildman–Crippen LogP) is 1.32. The third kappa shape index (κ3) is 2.79. The van der Waals surface area contributed by atoms with Crippen molar-refractivity contribution in [2.24, 2.45) is 11.8 Å². The SMILES string of the molecule is COCc1nc(C)cc(N2C[C@H]3CN(C)CC[C@H]3C2)n1. The fourth-order valence-corrected chi connectivity index (χ4v) is 3.51. The van der Waals surface area contributed by atoms with Gasteiger partial charge < -0.3 is 14.5 Å². The van der Waals surface area contributed by atoms with Crippen LogP contribution in [-0.4, -0.2) is 55.2 Å². The van der Waals surface area contributed by atoms with Gasteiger partial charge in [0.15, 0.2) is 5.82 Å². The van der Waals surface area contributed by atoms with E-state index in [0.717, 1.165) is 42.3 Å². The van der Waals surface area contributed by atoms with E-state index in [4.69, 9.17) is 4.74 Å². The second-order valence-corrected chi connectivity index (χ2v) is 6.19. The molecule has 0 amide bonds. The Morgan fingerprint density at radius 2 is 2.05 bits per heavy atom. The first-order valence-corrected chi connectivity index (χ1v) is 7.42. The van der Waals surface area contributed by atoms with E-state index >= 15 is 0 Å². The summed E-state index contributed by atoms with van der Waals surface area (Å²) >= 11 is 0. The third-order valence-corrected chi connectivity index (χ3v) is 4.49. The van der Waals surface area contributed by atoms with Gasteiger partial charge in [-0.05, 0) is 38.8 Å². The van der Waals surface area contributed by atoms with Crippen LogP contribution in [0.1, 0.15) is 17.9 Å². The van der Waals surface area contributed by atoms with E-state index in [0.29, 0.717) is 6.61 Å². The van der Waals surface area contributed by atoms with Crippen molar-refractivity contribution in [2.45, 2.75) is 20.0 Å². The van der Waals surface area contributed by atoms with Crippen molar-refractivity contribution in [1.29, 1.82) is 0 Å². The van der Waals surface area contributed by atoms with Crippen molar-refractivity contribution in [1.82, 2.24) is 14.9 Å². The van der Waals surface area contributed by atoms with Crippen molar-refractivity contribution in [3.63, 3.8) is 0 Å². The quantitative estimate of drug-likeness (QED) is 0.833. The van der Waals surface area contributed by atoms with Gasteiger partial charge in [-0.3, -0.25) is 0 Å². The molecule has 110 valence electrons. The molecule has 2 fully saturated rings. The molecule has 3 heterocycles. The van der Waals surface area contributed by atoms with Crippen molar-refractivity contribution >= 4 is 5.82 Å². The summed E-state index contributed by atoms with van der Waals surface area (Å²) < 4.78 is 5.16. The van der Waals surface area contributed by atoms with Gasteiger partial charge in [0, 0.05) is 38.5 Å². The molecule has 2 aliphatic heterocycles. The molecule has 0 saturated carbocycles. The molecule has 1 aromatic heterocycles. The van der Waals surface area contributed by atoms with Gasteiger partial charge in [-0.25, -0.2) is 9.97 Å². The molecule has 0 aliphatic carbocycles. The van der Waals surface area contributed by atoms with Gasteiger partial charge in [0.25, 0.3) is 0 Å². The van der Waals surface area contributed by atoms with Crippen LogP contribution in [0.25, 0.3) is 0 Å². The molecule has 1 aromatic rings. The smallest absolute Gasteiger partial charge is 0.156 e. The highest BCUT2D eigenvalue weighted by Crippen LogP contribution is 2.33. The van der Waals surface area contributed by atoms with Crippen molar-refractivity contribution in [2.75, 3.05) is 45.2 Å². The van der Waals surface area contributed by atoms with Crippen LogP contribution >= 0.6 is 0 Å². The predicted molar refractivity (Wildman–Crippen MR) is 78.8 cm³/mol. The fourth-order valence-electron chi connectivity index (χ4n) is 3.51. The number of hydrogen-bond donors (Lipinski definition) is 0. The first-order chi connectivity index (χ1) is 9.65. The summed E-state index contributed by atoms with van der Waals surface area (Å²) in [6.07, 6.45) is 1.31. The van der Waals surface area contributed by atoms with Crippen LogP contribution in [0.2, 0.25) is 0 Å². The molecule has 0 radical (unpaired) electrons. The first-order valence-electron chi connectivity index (χ1n) is 7.42. The Labute approximate surface area is 121 Å². The molecule has 0 spiro atoms. The minimum Gasteiger partial charge on any atom is -0.377 e. The molecule has 0 unspecified atom stereocenters. The molecule has 2 atom stereocenters. The highest BCUT2D eigenvalue weighted by Gasteiger charge is 2.36. The van der Waals surface area contributed by atoms with Crippen LogP contribution in [0.15, 0.2) is 6.07 Å². The van der Waals surface area contributed by atoms with Crippen LogP contribution in [0.3, 0.4) is 0 Å². The summed E-state index contributed by atoms with van der Waals surface area (Å²) in [5.74, 6) is 3.47. The normalized spacial score (nSPS) is 26.9. The second-order valence-electron chi connectivity index (χ2n) is 6.19. The molecule has 20 heavy (non-hydrogen) atoms. The average molecular weight is 276 g/mol. The van der Waals surface area contributed by atoms with Crippen LogP contribution in [0.5, 0.6) is 0 Å². The van der Waals surface area contributed by atoms with E-state index < -0.39 is 0 Å². The Bertz CT molecular complexity index is 479. The Balaban J connectivity index is 1.77. The van der Waals surface area contributed by atoms with E-state index in [2.05, 4.69) is 32.9 Å². The summed E-state index contributed by atoms with van der Waals surface area (Å²) in [6.45, 7) is 7.22. The Hall–Kier alpha value is -1.20. The topological polar surface area (TPSA) is 41.5 Å². The van der Waals surface area contributed by atoms with E-state index in [1.165, 1.54) is 19.5 Å². The van der Waals surface area contributed by atoms with Gasteiger partial charge in [0.05, 0.1) is 0 Å². The number of hydrogen-bond acceptors (Lipinski definition) is 5. The standard InChI is InChI=1S/C15H24N4O/c1-11-6-15(17-14(16-11)10-20-3)19-8-12-4-5-18(2)7-13(12)9-19/h6,12-13H,4-5,7-10H2,1-3H3/t12-,13+/m0/s1. The highest BCUT2D eigenvalue weighted by atomic mass is 16.5. The van der Waals surface area contributed by atoms with Crippen LogP contribution < -0.4 is 4.90 Å². The van der Waals surface area contributed by atoms with E-state index in [-0.39, 0.29) is 0 Å².